The molecular formula is C15H21NO4. The van der Waals surface area contributed by atoms with E-state index in [1.165, 1.54) is 12.7 Å². The first-order chi connectivity index (χ1) is 9.62. The summed E-state index contributed by atoms with van der Waals surface area (Å²) in [5.74, 6) is -1.07. The average molecular weight is 279 g/mol. The number of hydrogen-bond acceptors (Lipinski definition) is 4. The lowest BCUT2D eigenvalue weighted by Crippen LogP contribution is -2.44. The van der Waals surface area contributed by atoms with Crippen LogP contribution in [0.15, 0.2) is 24.3 Å². The van der Waals surface area contributed by atoms with Crippen LogP contribution in [0.1, 0.15) is 35.7 Å². The van der Waals surface area contributed by atoms with Gasteiger partial charge in [-0.15, -0.1) is 0 Å². The van der Waals surface area contributed by atoms with Crippen LogP contribution < -0.4 is 5.32 Å². The molecule has 0 radical (unpaired) electrons. The second kappa shape index (κ2) is 8.32. The summed E-state index contributed by atoms with van der Waals surface area (Å²) in [6.45, 7) is 1.64. The summed E-state index contributed by atoms with van der Waals surface area (Å²) < 4.78 is 4.49. The summed E-state index contributed by atoms with van der Waals surface area (Å²) >= 11 is 0. The van der Waals surface area contributed by atoms with Crippen molar-refractivity contribution in [3.05, 3.63) is 35.4 Å². The summed E-state index contributed by atoms with van der Waals surface area (Å²) in [5.41, 5.74) is 1.63. The van der Waals surface area contributed by atoms with E-state index in [0.29, 0.717) is 5.56 Å². The Hall–Kier alpha value is -1.88. The molecule has 0 aromatic heterocycles. The molecule has 5 nitrogen and oxygen atoms in total. The lowest BCUT2D eigenvalue weighted by molar-refractivity contribution is -0.143. The molecule has 0 saturated carbocycles. The van der Waals surface area contributed by atoms with E-state index in [-0.39, 0.29) is 0 Å². The third kappa shape index (κ3) is 4.66. The molecule has 0 aliphatic rings. The molecule has 0 aliphatic heterocycles. The predicted molar refractivity (Wildman–Crippen MR) is 75.4 cm³/mol. The maximum Gasteiger partial charge on any atom is 0.330 e. The summed E-state index contributed by atoms with van der Waals surface area (Å²) in [6, 6.07) is 6.19. The number of unbranched alkanes of at least 4 members (excludes halogenated alkanes) is 1. The SMILES string of the molecule is CCCCc1ccc(C(=O)NC(CO)C(=O)OC)cc1. The summed E-state index contributed by atoms with van der Waals surface area (Å²) in [4.78, 5) is 23.2. The van der Waals surface area contributed by atoms with Crippen LogP contribution in [0.4, 0.5) is 0 Å². The van der Waals surface area contributed by atoms with Gasteiger partial charge in [0.2, 0.25) is 0 Å². The number of carbonyl (C=O) groups is 2. The monoisotopic (exact) mass is 279 g/mol. The number of carbonyl (C=O) groups excluding carboxylic acids is 2. The molecule has 1 unspecified atom stereocenters. The van der Waals surface area contributed by atoms with E-state index in [1.807, 2.05) is 12.1 Å². The lowest BCUT2D eigenvalue weighted by Gasteiger charge is -2.13. The molecule has 0 fully saturated rings. The summed E-state index contributed by atoms with van der Waals surface area (Å²) in [6.07, 6.45) is 3.22. The number of esters is 1. The van der Waals surface area contributed by atoms with Crippen molar-refractivity contribution in [1.82, 2.24) is 5.32 Å². The van der Waals surface area contributed by atoms with Gasteiger partial charge in [0.1, 0.15) is 0 Å². The zero-order valence-corrected chi connectivity index (χ0v) is 11.9. The second-order valence-corrected chi connectivity index (χ2v) is 4.53. The second-order valence-electron chi connectivity index (χ2n) is 4.53. The van der Waals surface area contributed by atoms with Gasteiger partial charge in [-0.1, -0.05) is 25.5 Å². The summed E-state index contributed by atoms with van der Waals surface area (Å²) in [5, 5.41) is 11.5. The van der Waals surface area contributed by atoms with Crippen LogP contribution in [0.3, 0.4) is 0 Å². The van der Waals surface area contributed by atoms with Crippen LogP contribution in [0.25, 0.3) is 0 Å². The molecule has 1 rings (SSSR count). The van der Waals surface area contributed by atoms with Gasteiger partial charge in [0, 0.05) is 5.56 Å². The molecule has 20 heavy (non-hydrogen) atoms. The quantitative estimate of drug-likeness (QED) is 0.738. The van der Waals surface area contributed by atoms with Crippen molar-refractivity contribution < 1.29 is 19.4 Å². The zero-order chi connectivity index (χ0) is 15.0. The van der Waals surface area contributed by atoms with E-state index >= 15 is 0 Å². The topological polar surface area (TPSA) is 75.6 Å². The molecule has 0 bridgehead atoms. The number of aryl methyl sites for hydroxylation is 1. The third-order valence-corrected chi connectivity index (χ3v) is 3.01. The molecule has 2 N–H and O–H groups in total. The van der Waals surface area contributed by atoms with Crippen LogP contribution in [-0.4, -0.2) is 36.7 Å². The molecule has 110 valence electrons. The number of methoxy groups -OCH3 is 1. The van der Waals surface area contributed by atoms with Crippen molar-refractivity contribution in [2.75, 3.05) is 13.7 Å². The van der Waals surface area contributed by atoms with E-state index < -0.39 is 24.5 Å². The first kappa shape index (κ1) is 16.2. The number of amides is 1. The van der Waals surface area contributed by atoms with Crippen LogP contribution in [-0.2, 0) is 16.0 Å². The van der Waals surface area contributed by atoms with Crippen molar-refractivity contribution in [2.24, 2.45) is 0 Å². The van der Waals surface area contributed by atoms with Gasteiger partial charge in [0.05, 0.1) is 13.7 Å². The van der Waals surface area contributed by atoms with Crippen molar-refractivity contribution in [3.8, 4) is 0 Å². The van der Waals surface area contributed by atoms with E-state index in [9.17, 15) is 9.59 Å². The number of aliphatic hydroxyl groups is 1. The molecule has 1 aromatic carbocycles. The Kier molecular flexibility index (Phi) is 6.73. The maximum absolute atomic E-state index is 11.9. The molecule has 1 amide bonds. The Balaban J connectivity index is 2.65. The first-order valence-electron chi connectivity index (χ1n) is 6.70. The predicted octanol–water partition coefficient (Wildman–Crippen LogP) is 1.29. The zero-order valence-electron chi connectivity index (χ0n) is 11.9. The molecular weight excluding hydrogens is 258 g/mol. The van der Waals surface area contributed by atoms with Crippen LogP contribution in [0.2, 0.25) is 0 Å². The molecule has 0 spiro atoms. The van der Waals surface area contributed by atoms with Crippen LogP contribution in [0, 0.1) is 0 Å². The van der Waals surface area contributed by atoms with Gasteiger partial charge in [0.15, 0.2) is 6.04 Å². The molecule has 1 aromatic rings. The Bertz CT molecular complexity index is 442. The fourth-order valence-electron chi connectivity index (χ4n) is 1.77. The number of ether oxygens (including phenoxy) is 1. The third-order valence-electron chi connectivity index (χ3n) is 3.01. The number of nitrogens with one attached hydrogen (secondary N) is 1. The standard InChI is InChI=1S/C15H21NO4/c1-3-4-5-11-6-8-12(9-7-11)14(18)16-13(10-17)15(19)20-2/h6-9,13,17H,3-5,10H2,1-2H3,(H,16,18). The Labute approximate surface area is 118 Å². The van der Waals surface area contributed by atoms with Gasteiger partial charge in [0.25, 0.3) is 5.91 Å². The molecule has 1 atom stereocenters. The minimum Gasteiger partial charge on any atom is -0.467 e. The molecule has 5 heteroatoms. The highest BCUT2D eigenvalue weighted by Crippen LogP contribution is 2.08. The highest BCUT2D eigenvalue weighted by molar-refractivity contribution is 5.96. The Morgan fingerprint density at radius 1 is 1.30 bits per heavy atom. The molecule has 0 heterocycles. The molecule has 0 saturated heterocycles. The van der Waals surface area contributed by atoms with Gasteiger partial charge in [-0.3, -0.25) is 4.79 Å². The number of aliphatic hydroxyl groups excluding tert-OH is 1. The highest BCUT2D eigenvalue weighted by atomic mass is 16.5. The Morgan fingerprint density at radius 2 is 1.95 bits per heavy atom. The number of benzene rings is 1. The lowest BCUT2D eigenvalue weighted by atomic mass is 10.1. The largest absolute Gasteiger partial charge is 0.467 e. The van der Waals surface area contributed by atoms with Crippen molar-refractivity contribution in [1.29, 1.82) is 0 Å². The average Bonchev–Trinajstić information content (AvgIpc) is 2.50. The summed E-state index contributed by atoms with van der Waals surface area (Å²) in [7, 11) is 1.21. The van der Waals surface area contributed by atoms with E-state index in [1.54, 1.807) is 12.1 Å². The van der Waals surface area contributed by atoms with Gasteiger partial charge >= 0.3 is 5.97 Å². The molecule has 0 aliphatic carbocycles. The van der Waals surface area contributed by atoms with Crippen molar-refractivity contribution >= 4 is 11.9 Å². The highest BCUT2D eigenvalue weighted by Gasteiger charge is 2.20. The van der Waals surface area contributed by atoms with Gasteiger partial charge in [-0.2, -0.15) is 0 Å². The van der Waals surface area contributed by atoms with Gasteiger partial charge in [-0.05, 0) is 30.5 Å². The fraction of sp³-hybridized carbons (Fsp3) is 0.467. The normalized spacial score (nSPS) is 11.8. The van der Waals surface area contributed by atoms with E-state index in [0.717, 1.165) is 19.3 Å². The first-order valence-corrected chi connectivity index (χ1v) is 6.70. The van der Waals surface area contributed by atoms with Crippen molar-refractivity contribution in [3.63, 3.8) is 0 Å². The van der Waals surface area contributed by atoms with E-state index in [2.05, 4.69) is 17.0 Å². The minimum atomic E-state index is -1.03. The number of hydrogen-bond donors (Lipinski definition) is 2. The smallest absolute Gasteiger partial charge is 0.330 e. The van der Waals surface area contributed by atoms with Crippen molar-refractivity contribution in [2.45, 2.75) is 32.2 Å². The fourth-order valence-corrected chi connectivity index (χ4v) is 1.77. The van der Waals surface area contributed by atoms with E-state index in [4.69, 9.17) is 5.11 Å². The van der Waals surface area contributed by atoms with Crippen LogP contribution in [0.5, 0.6) is 0 Å². The maximum atomic E-state index is 11.9. The van der Waals surface area contributed by atoms with Crippen LogP contribution >= 0.6 is 0 Å². The minimum absolute atomic E-state index is 0.406. The van der Waals surface area contributed by atoms with Gasteiger partial charge in [-0.25, -0.2) is 4.79 Å². The van der Waals surface area contributed by atoms with Gasteiger partial charge < -0.3 is 15.2 Å². The Morgan fingerprint density at radius 3 is 2.45 bits per heavy atom. The number of rotatable bonds is 7.